The van der Waals surface area contributed by atoms with Gasteiger partial charge in [-0.25, -0.2) is 14.6 Å². The van der Waals surface area contributed by atoms with E-state index in [-0.39, 0.29) is 12.2 Å². The zero-order chi connectivity index (χ0) is 24.4. The van der Waals surface area contributed by atoms with Crippen molar-refractivity contribution in [3.63, 3.8) is 0 Å². The Kier molecular flexibility index (Phi) is 6.81. The minimum Gasteiger partial charge on any atom is -0.465 e. The number of carbonyl (C=O) groups excluding carboxylic acids is 2. The van der Waals surface area contributed by atoms with Gasteiger partial charge >= 0.3 is 11.9 Å². The molecule has 0 amide bonds. The topological polar surface area (TPSA) is 87.0 Å². The van der Waals surface area contributed by atoms with Crippen LogP contribution < -0.4 is 14.9 Å². The molecular formula is C25H21ClN2O5S. The third-order valence-electron chi connectivity index (χ3n) is 5.33. The first-order chi connectivity index (χ1) is 16.3. The van der Waals surface area contributed by atoms with Gasteiger partial charge in [0.2, 0.25) is 0 Å². The van der Waals surface area contributed by atoms with Crippen LogP contribution in [0, 0.1) is 0 Å². The summed E-state index contributed by atoms with van der Waals surface area (Å²) < 4.78 is 12.0. The molecule has 9 heteroatoms. The van der Waals surface area contributed by atoms with Crippen LogP contribution in [0.2, 0.25) is 5.02 Å². The number of hydrogen-bond acceptors (Lipinski definition) is 7. The first kappa shape index (κ1) is 23.7. The molecular weight excluding hydrogens is 476 g/mol. The summed E-state index contributed by atoms with van der Waals surface area (Å²) in [5.41, 5.74) is 2.40. The van der Waals surface area contributed by atoms with Gasteiger partial charge in [0.1, 0.15) is 0 Å². The number of aromatic nitrogens is 1. The second-order valence-electron chi connectivity index (χ2n) is 7.47. The molecule has 0 spiro atoms. The number of benzene rings is 2. The molecule has 0 bridgehead atoms. The van der Waals surface area contributed by atoms with Crippen LogP contribution in [0.4, 0.5) is 0 Å². The van der Waals surface area contributed by atoms with Gasteiger partial charge in [-0.05, 0) is 55.3 Å². The Labute approximate surface area is 204 Å². The van der Waals surface area contributed by atoms with E-state index >= 15 is 0 Å². The van der Waals surface area contributed by atoms with Crippen molar-refractivity contribution in [2.45, 2.75) is 19.9 Å². The van der Waals surface area contributed by atoms with Crippen molar-refractivity contribution < 1.29 is 19.1 Å². The maximum absolute atomic E-state index is 13.5. The molecule has 4 rings (SSSR count). The number of carbonyl (C=O) groups is 2. The second kappa shape index (κ2) is 9.79. The van der Waals surface area contributed by atoms with Gasteiger partial charge in [-0.15, -0.1) is 0 Å². The summed E-state index contributed by atoms with van der Waals surface area (Å²) >= 11 is 7.30. The highest BCUT2D eigenvalue weighted by Gasteiger charge is 2.33. The van der Waals surface area contributed by atoms with E-state index in [9.17, 15) is 14.4 Å². The van der Waals surface area contributed by atoms with Gasteiger partial charge in [0, 0.05) is 5.02 Å². The average Bonchev–Trinajstić information content (AvgIpc) is 3.13. The van der Waals surface area contributed by atoms with Crippen molar-refractivity contribution >= 4 is 41.0 Å². The molecule has 0 N–H and O–H groups in total. The fraction of sp³-hybridized carbons (Fsp3) is 0.200. The summed E-state index contributed by atoms with van der Waals surface area (Å²) in [6.07, 6.45) is 1.73. The van der Waals surface area contributed by atoms with E-state index in [2.05, 4.69) is 4.99 Å². The zero-order valence-corrected chi connectivity index (χ0v) is 20.3. The molecule has 0 saturated heterocycles. The van der Waals surface area contributed by atoms with Gasteiger partial charge in [-0.3, -0.25) is 9.36 Å². The highest BCUT2D eigenvalue weighted by molar-refractivity contribution is 7.07. The normalized spacial score (nSPS) is 15.5. The lowest BCUT2D eigenvalue weighted by atomic mass is 9.96. The van der Waals surface area contributed by atoms with Gasteiger partial charge in [-0.2, -0.15) is 0 Å². The van der Waals surface area contributed by atoms with E-state index in [0.717, 1.165) is 11.1 Å². The van der Waals surface area contributed by atoms with E-state index in [1.54, 1.807) is 68.5 Å². The molecule has 0 radical (unpaired) electrons. The minimum absolute atomic E-state index is 0.203. The SMILES string of the molecule is CCOC(=O)C1=C(C)N=c2sc(=Cc3ccc(C(=O)OC)cc3)c(=O)n2C1c1ccc(Cl)cc1. The van der Waals surface area contributed by atoms with Gasteiger partial charge in [0.05, 0.1) is 41.1 Å². The Balaban J connectivity index is 1.87. The number of halogens is 1. The van der Waals surface area contributed by atoms with E-state index in [1.807, 2.05) is 0 Å². The predicted octanol–water partition coefficient (Wildman–Crippen LogP) is 3.24. The van der Waals surface area contributed by atoms with Crippen molar-refractivity contribution in [2.75, 3.05) is 13.7 Å². The molecule has 174 valence electrons. The third-order valence-corrected chi connectivity index (χ3v) is 6.57. The number of hydrogen-bond donors (Lipinski definition) is 0. The van der Waals surface area contributed by atoms with Gasteiger partial charge in [-0.1, -0.05) is 47.2 Å². The summed E-state index contributed by atoms with van der Waals surface area (Å²) in [5.74, 6) is -0.952. The first-order valence-corrected chi connectivity index (χ1v) is 11.7. The molecule has 0 aliphatic carbocycles. The smallest absolute Gasteiger partial charge is 0.338 e. The first-order valence-electron chi connectivity index (χ1n) is 10.5. The summed E-state index contributed by atoms with van der Waals surface area (Å²) in [4.78, 5) is 43.1. The van der Waals surface area contributed by atoms with Crippen LogP contribution in [0.25, 0.3) is 6.08 Å². The second-order valence-corrected chi connectivity index (χ2v) is 8.91. The molecule has 1 aliphatic rings. The molecule has 0 fully saturated rings. The summed E-state index contributed by atoms with van der Waals surface area (Å²) in [6.45, 7) is 3.67. The van der Waals surface area contributed by atoms with E-state index in [1.165, 1.54) is 23.0 Å². The summed E-state index contributed by atoms with van der Waals surface area (Å²) in [7, 11) is 1.32. The lowest BCUT2D eigenvalue weighted by Crippen LogP contribution is -2.39. The van der Waals surface area contributed by atoms with Gasteiger partial charge < -0.3 is 9.47 Å². The van der Waals surface area contributed by atoms with Crippen LogP contribution in [-0.2, 0) is 14.3 Å². The van der Waals surface area contributed by atoms with Crippen molar-refractivity contribution in [1.29, 1.82) is 0 Å². The molecule has 2 aromatic carbocycles. The molecule has 3 aromatic rings. The van der Waals surface area contributed by atoms with Crippen molar-refractivity contribution in [2.24, 2.45) is 4.99 Å². The molecule has 2 heterocycles. The Morgan fingerprint density at radius 3 is 2.41 bits per heavy atom. The van der Waals surface area contributed by atoms with E-state index < -0.39 is 18.0 Å². The third kappa shape index (κ3) is 4.47. The molecule has 0 saturated carbocycles. The van der Waals surface area contributed by atoms with Gasteiger partial charge in [0.25, 0.3) is 5.56 Å². The zero-order valence-electron chi connectivity index (χ0n) is 18.7. The number of allylic oxidation sites excluding steroid dienone is 1. The number of fused-ring (bicyclic) bond motifs is 1. The number of nitrogens with zero attached hydrogens (tertiary/aromatic N) is 2. The molecule has 1 atom stereocenters. The molecule has 7 nitrogen and oxygen atoms in total. The largest absolute Gasteiger partial charge is 0.465 e. The van der Waals surface area contributed by atoms with Gasteiger partial charge in [0.15, 0.2) is 4.80 Å². The van der Waals surface area contributed by atoms with Crippen LogP contribution in [0.1, 0.15) is 41.4 Å². The van der Waals surface area contributed by atoms with Crippen LogP contribution >= 0.6 is 22.9 Å². The number of rotatable bonds is 5. The standard InChI is InChI=1S/C25H21ClN2O5S/c1-4-33-24(31)20-14(2)27-25-28(21(20)16-9-11-18(26)12-10-16)22(29)19(34-25)13-15-5-7-17(8-6-15)23(30)32-3/h5-13,21H,4H2,1-3H3. The molecule has 1 unspecified atom stereocenters. The molecule has 1 aromatic heterocycles. The minimum atomic E-state index is -0.698. The number of thiazole rings is 1. The fourth-order valence-electron chi connectivity index (χ4n) is 3.74. The van der Waals surface area contributed by atoms with Crippen molar-refractivity contribution in [3.8, 4) is 0 Å². The number of esters is 2. The molecule has 34 heavy (non-hydrogen) atoms. The highest BCUT2D eigenvalue weighted by atomic mass is 35.5. The van der Waals surface area contributed by atoms with Crippen LogP contribution in [0.3, 0.4) is 0 Å². The Morgan fingerprint density at radius 2 is 1.79 bits per heavy atom. The van der Waals surface area contributed by atoms with E-state index in [4.69, 9.17) is 21.1 Å². The van der Waals surface area contributed by atoms with Crippen LogP contribution in [0.5, 0.6) is 0 Å². The van der Waals surface area contributed by atoms with Crippen LogP contribution in [-0.4, -0.2) is 30.2 Å². The molecule has 1 aliphatic heterocycles. The predicted molar refractivity (Wildman–Crippen MR) is 130 cm³/mol. The van der Waals surface area contributed by atoms with Crippen LogP contribution in [0.15, 0.2) is 69.6 Å². The van der Waals surface area contributed by atoms with Crippen molar-refractivity contribution in [1.82, 2.24) is 4.57 Å². The quantitative estimate of drug-likeness (QED) is 0.506. The average molecular weight is 497 g/mol. The maximum atomic E-state index is 13.5. The Bertz CT molecular complexity index is 1470. The van der Waals surface area contributed by atoms with Crippen molar-refractivity contribution in [3.05, 3.63) is 101 Å². The summed E-state index contributed by atoms with van der Waals surface area (Å²) in [5, 5.41) is 0.546. The number of methoxy groups -OCH3 is 1. The van der Waals surface area contributed by atoms with E-state index in [0.29, 0.717) is 31.2 Å². The fourth-order valence-corrected chi connectivity index (χ4v) is 4.91. The monoisotopic (exact) mass is 496 g/mol. The lowest BCUT2D eigenvalue weighted by molar-refractivity contribution is -0.139. The lowest BCUT2D eigenvalue weighted by Gasteiger charge is -2.24. The Morgan fingerprint density at radius 1 is 1.12 bits per heavy atom. The maximum Gasteiger partial charge on any atom is 0.338 e. The highest BCUT2D eigenvalue weighted by Crippen LogP contribution is 2.31. The number of ether oxygens (including phenoxy) is 2. The Hall–Kier alpha value is -3.49. The summed E-state index contributed by atoms with van der Waals surface area (Å²) in [6, 6.07) is 13.0.